The summed E-state index contributed by atoms with van der Waals surface area (Å²) in [6.07, 6.45) is 4.45. The van der Waals surface area contributed by atoms with E-state index in [1.165, 1.54) is 11.8 Å². The van der Waals surface area contributed by atoms with Gasteiger partial charge < -0.3 is 4.57 Å². The highest BCUT2D eigenvalue weighted by Crippen LogP contribution is 2.27. The molecular formula is C18H19N5O3S2. The molecule has 1 aromatic carbocycles. The van der Waals surface area contributed by atoms with Gasteiger partial charge in [-0.25, -0.2) is 8.42 Å². The Kier molecular flexibility index (Phi) is 5.80. The molecule has 0 saturated heterocycles. The van der Waals surface area contributed by atoms with E-state index in [2.05, 4.69) is 19.9 Å². The number of carbonyl (C=O) groups excluding carboxylic acids is 1. The predicted octanol–water partition coefficient (Wildman–Crippen LogP) is 2.61. The van der Waals surface area contributed by atoms with Crippen LogP contribution in [0.2, 0.25) is 0 Å². The zero-order chi connectivity index (χ0) is 20.3. The van der Waals surface area contributed by atoms with Gasteiger partial charge in [-0.3, -0.25) is 14.5 Å². The molecule has 3 rings (SSSR count). The van der Waals surface area contributed by atoms with Gasteiger partial charge in [-0.05, 0) is 43.3 Å². The van der Waals surface area contributed by atoms with Gasteiger partial charge in [-0.2, -0.15) is 0 Å². The van der Waals surface area contributed by atoms with Crippen LogP contribution in [0.4, 0.5) is 5.69 Å². The molecule has 1 atom stereocenters. The molecule has 2 heterocycles. The van der Waals surface area contributed by atoms with E-state index in [9.17, 15) is 13.2 Å². The Bertz CT molecular complexity index is 1080. The van der Waals surface area contributed by atoms with Gasteiger partial charge in [0.2, 0.25) is 10.0 Å². The van der Waals surface area contributed by atoms with E-state index >= 15 is 0 Å². The maximum atomic E-state index is 12.7. The van der Waals surface area contributed by atoms with Crippen LogP contribution < -0.4 is 4.72 Å². The minimum absolute atomic E-state index is 0.0793. The summed E-state index contributed by atoms with van der Waals surface area (Å²) < 4.78 is 26.7. The van der Waals surface area contributed by atoms with Crippen molar-refractivity contribution in [3.05, 3.63) is 54.4 Å². The molecule has 0 bridgehead atoms. The molecule has 0 fully saturated rings. The second kappa shape index (κ2) is 8.11. The molecule has 0 amide bonds. The summed E-state index contributed by atoms with van der Waals surface area (Å²) in [5, 5.41) is 8.63. The Balaban J connectivity index is 1.72. The smallest absolute Gasteiger partial charge is 0.229 e. The third kappa shape index (κ3) is 4.76. The molecule has 1 N–H and O–H groups in total. The second-order valence-corrected chi connectivity index (χ2v) is 9.23. The minimum atomic E-state index is -3.35. The molecular weight excluding hydrogens is 398 g/mol. The number of carbonyl (C=O) groups is 1. The number of hydrogen-bond donors (Lipinski definition) is 1. The number of anilines is 1. The van der Waals surface area contributed by atoms with Gasteiger partial charge in [-0.15, -0.1) is 10.2 Å². The second-order valence-electron chi connectivity index (χ2n) is 6.18. The van der Waals surface area contributed by atoms with Crippen LogP contribution in [-0.4, -0.2) is 45.5 Å². The van der Waals surface area contributed by atoms with Crippen LogP contribution in [0, 0.1) is 0 Å². The van der Waals surface area contributed by atoms with E-state index in [1.807, 2.05) is 23.7 Å². The van der Waals surface area contributed by atoms with E-state index in [0.29, 0.717) is 22.2 Å². The number of thioether (sulfide) groups is 1. The maximum absolute atomic E-state index is 12.7. The predicted molar refractivity (Wildman–Crippen MR) is 109 cm³/mol. The van der Waals surface area contributed by atoms with Crippen molar-refractivity contribution in [2.45, 2.75) is 17.3 Å². The van der Waals surface area contributed by atoms with Crippen LogP contribution in [0.3, 0.4) is 0 Å². The normalized spacial score (nSPS) is 12.5. The van der Waals surface area contributed by atoms with Crippen LogP contribution in [0.25, 0.3) is 11.4 Å². The number of benzene rings is 1. The maximum Gasteiger partial charge on any atom is 0.229 e. The fourth-order valence-electron chi connectivity index (χ4n) is 2.53. The fourth-order valence-corrected chi connectivity index (χ4v) is 3.99. The van der Waals surface area contributed by atoms with Crippen molar-refractivity contribution < 1.29 is 13.2 Å². The van der Waals surface area contributed by atoms with Gasteiger partial charge in [0.15, 0.2) is 16.8 Å². The molecule has 146 valence electrons. The summed E-state index contributed by atoms with van der Waals surface area (Å²) in [6, 6.07) is 10.0. The number of nitrogens with one attached hydrogen (secondary N) is 1. The topological polar surface area (TPSA) is 107 Å². The summed E-state index contributed by atoms with van der Waals surface area (Å²) in [7, 11) is -1.51. The lowest BCUT2D eigenvalue weighted by molar-refractivity contribution is 0.0994. The number of Topliss-reactive ketones (excluding diaryl/α,β-unsaturated/α-hetero) is 1. The van der Waals surface area contributed by atoms with Crippen LogP contribution in [0.5, 0.6) is 0 Å². The molecule has 28 heavy (non-hydrogen) atoms. The van der Waals surface area contributed by atoms with E-state index in [4.69, 9.17) is 0 Å². The van der Waals surface area contributed by atoms with Gasteiger partial charge in [0.1, 0.15) is 0 Å². The van der Waals surface area contributed by atoms with Gasteiger partial charge >= 0.3 is 0 Å². The van der Waals surface area contributed by atoms with Gasteiger partial charge in [0, 0.05) is 36.3 Å². The summed E-state index contributed by atoms with van der Waals surface area (Å²) in [6.45, 7) is 1.80. The SMILES string of the molecule is C[C@H](Sc1nnc(-c2ccncc2)n1C)C(=O)c1ccc(NS(C)(=O)=O)cc1. The van der Waals surface area contributed by atoms with Crippen molar-refractivity contribution >= 4 is 33.3 Å². The zero-order valence-electron chi connectivity index (χ0n) is 15.5. The minimum Gasteiger partial charge on any atom is -0.305 e. The van der Waals surface area contributed by atoms with Gasteiger partial charge in [-0.1, -0.05) is 11.8 Å². The fraction of sp³-hybridized carbons (Fsp3) is 0.222. The highest BCUT2D eigenvalue weighted by Gasteiger charge is 2.20. The first-order chi connectivity index (χ1) is 13.2. The average molecular weight is 418 g/mol. The quantitative estimate of drug-likeness (QED) is 0.465. The van der Waals surface area contributed by atoms with Crippen molar-refractivity contribution in [2.24, 2.45) is 7.05 Å². The number of aromatic nitrogens is 4. The lowest BCUT2D eigenvalue weighted by atomic mass is 10.1. The van der Waals surface area contributed by atoms with Crippen LogP contribution in [-0.2, 0) is 17.1 Å². The molecule has 0 radical (unpaired) electrons. The zero-order valence-corrected chi connectivity index (χ0v) is 17.2. The van der Waals surface area contributed by atoms with Crippen molar-refractivity contribution in [1.29, 1.82) is 0 Å². The first-order valence-electron chi connectivity index (χ1n) is 8.33. The van der Waals surface area contributed by atoms with E-state index in [-0.39, 0.29) is 11.0 Å². The standard InChI is InChI=1S/C18H19N5O3S2/c1-12(16(24)13-4-6-15(7-5-13)22-28(3,25)26)27-18-21-20-17(23(18)2)14-8-10-19-11-9-14/h4-12,22H,1-3H3/t12-/m0/s1. The molecule has 0 unspecified atom stereocenters. The number of pyridine rings is 1. The highest BCUT2D eigenvalue weighted by molar-refractivity contribution is 8.00. The molecule has 10 heteroatoms. The summed E-state index contributed by atoms with van der Waals surface area (Å²) in [4.78, 5) is 16.7. The number of sulfonamides is 1. The Labute approximate surface area is 167 Å². The summed E-state index contributed by atoms with van der Waals surface area (Å²) in [5.41, 5.74) is 1.80. The largest absolute Gasteiger partial charge is 0.305 e. The number of hydrogen-bond acceptors (Lipinski definition) is 7. The first kappa shape index (κ1) is 20.0. The van der Waals surface area contributed by atoms with Crippen LogP contribution in [0.1, 0.15) is 17.3 Å². The van der Waals surface area contributed by atoms with Crippen LogP contribution in [0.15, 0.2) is 53.9 Å². The number of nitrogens with zero attached hydrogens (tertiary/aromatic N) is 4. The molecule has 2 aromatic heterocycles. The average Bonchev–Trinajstić information content (AvgIpc) is 3.01. The van der Waals surface area contributed by atoms with Crippen molar-refractivity contribution in [1.82, 2.24) is 19.7 Å². The number of ketones is 1. The highest BCUT2D eigenvalue weighted by atomic mass is 32.2. The lowest BCUT2D eigenvalue weighted by Gasteiger charge is -2.11. The Hall–Kier alpha value is -2.72. The molecule has 0 saturated carbocycles. The molecule has 0 aliphatic rings. The summed E-state index contributed by atoms with van der Waals surface area (Å²) in [5.74, 6) is 0.616. The number of rotatable bonds is 7. The van der Waals surface area contributed by atoms with Gasteiger partial charge in [0.25, 0.3) is 0 Å². The molecule has 3 aromatic rings. The third-order valence-corrected chi connectivity index (χ3v) is 5.64. The van der Waals surface area contributed by atoms with Crippen molar-refractivity contribution in [3.8, 4) is 11.4 Å². The first-order valence-corrected chi connectivity index (χ1v) is 11.1. The van der Waals surface area contributed by atoms with Crippen molar-refractivity contribution in [3.63, 3.8) is 0 Å². The monoisotopic (exact) mass is 417 g/mol. The molecule has 0 aliphatic carbocycles. The van der Waals surface area contributed by atoms with E-state index in [0.717, 1.165) is 11.8 Å². The van der Waals surface area contributed by atoms with E-state index in [1.54, 1.807) is 43.6 Å². The Morgan fingerprint density at radius 1 is 1.11 bits per heavy atom. The van der Waals surface area contributed by atoms with Crippen LogP contribution >= 0.6 is 11.8 Å². The Morgan fingerprint density at radius 2 is 1.75 bits per heavy atom. The van der Waals surface area contributed by atoms with Gasteiger partial charge in [0.05, 0.1) is 11.5 Å². The molecule has 8 nitrogen and oxygen atoms in total. The summed E-state index contributed by atoms with van der Waals surface area (Å²) >= 11 is 1.32. The Morgan fingerprint density at radius 3 is 2.36 bits per heavy atom. The molecule has 0 aliphatic heterocycles. The lowest BCUT2D eigenvalue weighted by Crippen LogP contribution is -2.15. The molecule has 0 spiro atoms. The third-order valence-electron chi connectivity index (χ3n) is 3.90. The van der Waals surface area contributed by atoms with Crippen molar-refractivity contribution in [2.75, 3.05) is 11.0 Å². The van der Waals surface area contributed by atoms with E-state index < -0.39 is 10.0 Å².